The first-order chi connectivity index (χ1) is 15.1. The van der Waals surface area contributed by atoms with E-state index < -0.39 is 0 Å². The molecule has 0 fully saturated rings. The van der Waals surface area contributed by atoms with Gasteiger partial charge in [-0.05, 0) is 70.5 Å². The first-order valence-corrected chi connectivity index (χ1v) is 11.2. The van der Waals surface area contributed by atoms with Crippen LogP contribution in [-0.2, 0) is 0 Å². The van der Waals surface area contributed by atoms with E-state index in [4.69, 9.17) is 4.74 Å². The van der Waals surface area contributed by atoms with E-state index in [0.29, 0.717) is 5.56 Å². The largest absolute Gasteiger partial charge is 0.453 e. The Labute approximate surface area is 196 Å². The van der Waals surface area contributed by atoms with Gasteiger partial charge in [0.2, 0.25) is 0 Å². The minimum atomic E-state index is -0.190. The lowest BCUT2D eigenvalue weighted by Crippen LogP contribution is -2.17. The Morgan fingerprint density at radius 3 is 2.06 bits per heavy atom. The second kappa shape index (κ2) is 8.21. The fourth-order valence-electron chi connectivity index (χ4n) is 3.57. The summed E-state index contributed by atoms with van der Waals surface area (Å²) in [7, 11) is 0. The van der Waals surface area contributed by atoms with Crippen molar-refractivity contribution in [1.82, 2.24) is 0 Å². The highest BCUT2D eigenvalue weighted by atomic mass is 79.9. The first kappa shape index (κ1) is 19.8. The third-order valence-corrected chi connectivity index (χ3v) is 6.11. The molecule has 1 aliphatic rings. The minimum absolute atomic E-state index is 0.190. The number of hydrogen-bond acceptors (Lipinski definition) is 3. The summed E-state index contributed by atoms with van der Waals surface area (Å²) >= 11 is 7.06. The summed E-state index contributed by atoms with van der Waals surface area (Å²) in [5.41, 5.74) is 3.94. The SMILES string of the molecule is O=C(Nc1ccccc1Br)c1cc(Br)cc(N2c3ccccc3Oc3ccccc32)c1. The fraction of sp³-hybridized carbons (Fsp3) is 0. The molecule has 31 heavy (non-hydrogen) atoms. The van der Waals surface area contributed by atoms with Crippen molar-refractivity contribution >= 4 is 60.5 Å². The average Bonchev–Trinajstić information content (AvgIpc) is 2.78. The van der Waals surface area contributed by atoms with Crippen LogP contribution in [0.3, 0.4) is 0 Å². The van der Waals surface area contributed by atoms with E-state index in [-0.39, 0.29) is 5.91 Å². The number of anilines is 4. The van der Waals surface area contributed by atoms with Crippen molar-refractivity contribution in [2.45, 2.75) is 0 Å². The second-order valence-corrected chi connectivity index (χ2v) is 8.78. The van der Waals surface area contributed by atoms with Crippen molar-refractivity contribution in [1.29, 1.82) is 0 Å². The summed E-state index contributed by atoms with van der Waals surface area (Å²) in [4.78, 5) is 15.2. The number of para-hydroxylation sites is 5. The first-order valence-electron chi connectivity index (χ1n) is 9.63. The van der Waals surface area contributed by atoms with Crippen molar-refractivity contribution in [2.75, 3.05) is 10.2 Å². The van der Waals surface area contributed by atoms with E-state index in [2.05, 4.69) is 42.1 Å². The number of benzene rings is 4. The molecule has 0 atom stereocenters. The third-order valence-electron chi connectivity index (χ3n) is 4.96. The average molecular weight is 536 g/mol. The third kappa shape index (κ3) is 3.84. The van der Waals surface area contributed by atoms with Gasteiger partial charge in [-0.1, -0.05) is 52.3 Å². The maximum atomic E-state index is 13.0. The molecular formula is C25H16Br2N2O2. The zero-order valence-corrected chi connectivity index (χ0v) is 19.4. The number of fused-ring (bicyclic) bond motifs is 2. The predicted octanol–water partition coefficient (Wildman–Crippen LogP) is 8.04. The van der Waals surface area contributed by atoms with Crippen LogP contribution in [0, 0.1) is 0 Å². The molecule has 152 valence electrons. The van der Waals surface area contributed by atoms with Gasteiger partial charge in [0.1, 0.15) is 0 Å². The molecule has 4 nitrogen and oxygen atoms in total. The highest BCUT2D eigenvalue weighted by molar-refractivity contribution is 9.10. The predicted molar refractivity (Wildman–Crippen MR) is 131 cm³/mol. The molecule has 0 aromatic heterocycles. The van der Waals surface area contributed by atoms with E-state index in [1.165, 1.54) is 0 Å². The highest BCUT2D eigenvalue weighted by Gasteiger charge is 2.26. The lowest BCUT2D eigenvalue weighted by atomic mass is 10.1. The van der Waals surface area contributed by atoms with Crippen LogP contribution in [0.2, 0.25) is 0 Å². The van der Waals surface area contributed by atoms with E-state index in [9.17, 15) is 4.79 Å². The van der Waals surface area contributed by atoms with Crippen LogP contribution in [0.25, 0.3) is 0 Å². The summed E-state index contributed by atoms with van der Waals surface area (Å²) in [5, 5.41) is 2.97. The molecular weight excluding hydrogens is 520 g/mol. The number of nitrogens with one attached hydrogen (secondary N) is 1. The molecule has 0 bridgehead atoms. The van der Waals surface area contributed by atoms with Gasteiger partial charge in [0.05, 0.1) is 17.1 Å². The molecule has 0 aliphatic carbocycles. The Kier molecular flexibility index (Phi) is 5.26. The smallest absolute Gasteiger partial charge is 0.255 e. The van der Waals surface area contributed by atoms with Crippen molar-refractivity contribution in [2.24, 2.45) is 0 Å². The Morgan fingerprint density at radius 1 is 0.774 bits per heavy atom. The molecule has 4 aromatic carbocycles. The van der Waals surface area contributed by atoms with Crippen LogP contribution in [-0.4, -0.2) is 5.91 Å². The van der Waals surface area contributed by atoms with Gasteiger partial charge in [-0.3, -0.25) is 4.79 Å². The molecule has 1 heterocycles. The Balaban J connectivity index is 1.59. The van der Waals surface area contributed by atoms with Gasteiger partial charge in [-0.15, -0.1) is 0 Å². The number of carbonyl (C=O) groups excluding carboxylic acids is 1. The van der Waals surface area contributed by atoms with Crippen molar-refractivity contribution < 1.29 is 9.53 Å². The zero-order chi connectivity index (χ0) is 21.4. The minimum Gasteiger partial charge on any atom is -0.453 e. The number of halogens is 2. The molecule has 0 unspecified atom stereocenters. The van der Waals surface area contributed by atoms with Gasteiger partial charge in [0, 0.05) is 20.2 Å². The van der Waals surface area contributed by atoms with Crippen LogP contribution in [0.1, 0.15) is 10.4 Å². The molecule has 6 heteroatoms. The maximum absolute atomic E-state index is 13.0. The number of rotatable bonds is 3. The maximum Gasteiger partial charge on any atom is 0.255 e. The van der Waals surface area contributed by atoms with Crippen LogP contribution in [0.5, 0.6) is 11.5 Å². The summed E-state index contributed by atoms with van der Waals surface area (Å²) in [5.74, 6) is 1.34. The molecule has 0 saturated heterocycles. The normalized spacial score (nSPS) is 11.9. The fourth-order valence-corrected chi connectivity index (χ4v) is 4.44. The van der Waals surface area contributed by atoms with Crippen LogP contribution in [0.15, 0.2) is 99.9 Å². The summed E-state index contributed by atoms with van der Waals surface area (Å²) in [6.45, 7) is 0. The van der Waals surface area contributed by atoms with E-state index >= 15 is 0 Å². The topological polar surface area (TPSA) is 41.6 Å². The van der Waals surface area contributed by atoms with E-state index in [0.717, 1.165) is 43.2 Å². The Morgan fingerprint density at radius 2 is 1.39 bits per heavy atom. The van der Waals surface area contributed by atoms with Crippen LogP contribution in [0.4, 0.5) is 22.7 Å². The van der Waals surface area contributed by atoms with Gasteiger partial charge in [0.15, 0.2) is 11.5 Å². The zero-order valence-electron chi connectivity index (χ0n) is 16.2. The van der Waals surface area contributed by atoms with Crippen molar-refractivity contribution in [3.8, 4) is 11.5 Å². The molecule has 1 aliphatic heterocycles. The highest BCUT2D eigenvalue weighted by Crippen LogP contribution is 2.50. The van der Waals surface area contributed by atoms with E-state index in [1.807, 2.05) is 91.0 Å². The van der Waals surface area contributed by atoms with Gasteiger partial charge >= 0.3 is 0 Å². The number of nitrogens with zero attached hydrogens (tertiary/aromatic N) is 1. The lowest BCUT2D eigenvalue weighted by Gasteiger charge is -2.33. The number of amides is 1. The molecule has 4 aromatic rings. The number of ether oxygens (including phenoxy) is 1. The molecule has 0 radical (unpaired) electrons. The Hall–Kier alpha value is -3.09. The van der Waals surface area contributed by atoms with Crippen molar-refractivity contribution in [3.05, 3.63) is 106 Å². The molecule has 1 N–H and O–H groups in total. The molecule has 1 amide bonds. The summed E-state index contributed by atoms with van der Waals surface area (Å²) in [6.07, 6.45) is 0. The standard InChI is InChI=1S/C25H16Br2N2O2/c26-17-13-16(25(30)28-20-8-2-1-7-19(20)27)14-18(15-17)29-21-9-3-5-11-23(21)31-24-12-6-4-10-22(24)29/h1-15H,(H,28,30). The van der Waals surface area contributed by atoms with Gasteiger partial charge < -0.3 is 15.0 Å². The quantitative estimate of drug-likeness (QED) is 0.254. The second-order valence-electron chi connectivity index (χ2n) is 7.00. The molecule has 0 saturated carbocycles. The van der Waals surface area contributed by atoms with Crippen LogP contribution >= 0.6 is 31.9 Å². The van der Waals surface area contributed by atoms with E-state index in [1.54, 1.807) is 0 Å². The number of hydrogen-bond donors (Lipinski definition) is 1. The Bertz CT molecular complexity index is 1260. The van der Waals surface area contributed by atoms with Crippen LogP contribution < -0.4 is 15.0 Å². The summed E-state index contributed by atoms with van der Waals surface area (Å²) in [6, 6.07) is 29.0. The summed E-state index contributed by atoms with van der Waals surface area (Å²) < 4.78 is 7.73. The van der Waals surface area contributed by atoms with Gasteiger partial charge in [-0.25, -0.2) is 0 Å². The van der Waals surface area contributed by atoms with Crippen molar-refractivity contribution in [3.63, 3.8) is 0 Å². The van der Waals surface area contributed by atoms with Gasteiger partial charge in [0.25, 0.3) is 5.91 Å². The molecule has 5 rings (SSSR count). The number of carbonyl (C=O) groups is 1. The molecule has 0 spiro atoms. The lowest BCUT2D eigenvalue weighted by molar-refractivity contribution is 0.102. The van der Waals surface area contributed by atoms with Gasteiger partial charge in [-0.2, -0.15) is 0 Å². The monoisotopic (exact) mass is 534 g/mol.